The van der Waals surface area contributed by atoms with Crippen LogP contribution in [-0.2, 0) is 6.54 Å². The summed E-state index contributed by atoms with van der Waals surface area (Å²) in [5, 5.41) is 6.37. The summed E-state index contributed by atoms with van der Waals surface area (Å²) in [6.45, 7) is 5.57. The molecule has 0 unspecified atom stereocenters. The lowest BCUT2D eigenvalue weighted by Gasteiger charge is -2.11. The van der Waals surface area contributed by atoms with Crippen molar-refractivity contribution in [2.75, 3.05) is 13.1 Å². The van der Waals surface area contributed by atoms with Gasteiger partial charge in [0.25, 0.3) is 0 Å². The number of alkyl halides is 2. The molecule has 1 aromatic heterocycles. The number of aromatic nitrogens is 2. The van der Waals surface area contributed by atoms with Crippen molar-refractivity contribution in [1.82, 2.24) is 20.2 Å². The van der Waals surface area contributed by atoms with Gasteiger partial charge < -0.3 is 10.6 Å². The number of aliphatic imine (C=N–C) groups is 1. The Hall–Kier alpha value is -1.66. The van der Waals surface area contributed by atoms with Crippen LogP contribution in [0.5, 0.6) is 0 Å². The summed E-state index contributed by atoms with van der Waals surface area (Å²) < 4.78 is 26.4. The molecule has 1 aromatic rings. The predicted octanol–water partition coefficient (Wildman–Crippen LogP) is 3.94. The first-order chi connectivity index (χ1) is 11.5. The summed E-state index contributed by atoms with van der Waals surface area (Å²) in [5.41, 5.74) is 0. The Labute approximate surface area is 144 Å². The van der Waals surface area contributed by atoms with E-state index in [9.17, 15) is 8.78 Å². The normalized spacial score (nSPS) is 12.2. The molecular weight excluding hydrogens is 312 g/mol. The van der Waals surface area contributed by atoms with Crippen LogP contribution in [0.4, 0.5) is 8.78 Å². The number of guanidine groups is 1. The average molecular weight is 343 g/mol. The largest absolute Gasteiger partial charge is 0.357 e. The first-order valence-corrected chi connectivity index (χ1v) is 8.86. The average Bonchev–Trinajstić information content (AvgIpc) is 3.00. The third-order valence-corrected chi connectivity index (χ3v) is 3.68. The zero-order valence-corrected chi connectivity index (χ0v) is 15.1. The molecule has 0 spiro atoms. The molecule has 0 amide bonds. The summed E-state index contributed by atoms with van der Waals surface area (Å²) in [4.78, 5) is 8.27. The van der Waals surface area contributed by atoms with Crippen molar-refractivity contribution in [2.24, 2.45) is 10.9 Å². The minimum Gasteiger partial charge on any atom is -0.357 e. The van der Waals surface area contributed by atoms with E-state index in [1.807, 2.05) is 6.92 Å². The maximum atomic E-state index is 12.8. The summed E-state index contributed by atoms with van der Waals surface area (Å²) in [7, 11) is 0. The number of halogens is 2. The Morgan fingerprint density at radius 3 is 2.62 bits per heavy atom. The highest BCUT2D eigenvalue weighted by Gasteiger charge is 2.10. The molecule has 0 aliphatic carbocycles. The number of nitrogens with zero attached hydrogens (tertiary/aromatic N) is 3. The maximum absolute atomic E-state index is 12.8. The highest BCUT2D eigenvalue weighted by molar-refractivity contribution is 5.79. The number of unbranched alkanes of at least 4 members (excludes halogenated alkanes) is 3. The van der Waals surface area contributed by atoms with Gasteiger partial charge in [-0.25, -0.2) is 9.98 Å². The molecule has 1 rings (SSSR count). The van der Waals surface area contributed by atoms with Crippen molar-refractivity contribution in [3.8, 4) is 0 Å². The molecule has 0 radical (unpaired) electrons. The molecule has 0 aromatic carbocycles. The van der Waals surface area contributed by atoms with Crippen molar-refractivity contribution in [2.45, 2.75) is 66.0 Å². The van der Waals surface area contributed by atoms with Crippen molar-refractivity contribution < 1.29 is 8.78 Å². The summed E-state index contributed by atoms with van der Waals surface area (Å²) in [6, 6.07) is 0. The molecule has 0 atom stereocenters. The van der Waals surface area contributed by atoms with Crippen LogP contribution in [0.25, 0.3) is 0 Å². The van der Waals surface area contributed by atoms with E-state index in [0.717, 1.165) is 30.0 Å². The van der Waals surface area contributed by atoms with Gasteiger partial charge in [0.2, 0.25) is 0 Å². The van der Waals surface area contributed by atoms with Crippen LogP contribution in [0.2, 0.25) is 0 Å². The molecule has 2 N–H and O–H groups in total. The highest BCUT2D eigenvalue weighted by Crippen LogP contribution is 2.12. The van der Waals surface area contributed by atoms with Crippen LogP contribution in [-0.4, -0.2) is 28.6 Å². The maximum Gasteiger partial charge on any atom is 0.319 e. The van der Waals surface area contributed by atoms with E-state index < -0.39 is 6.55 Å². The van der Waals surface area contributed by atoms with Gasteiger partial charge in [0.05, 0.1) is 0 Å². The number of hydrogen-bond donors (Lipinski definition) is 2. The lowest BCUT2D eigenvalue weighted by Crippen LogP contribution is -2.37. The minimum atomic E-state index is -2.58. The Bertz CT molecular complexity index is 471. The molecule has 0 bridgehead atoms. The Morgan fingerprint density at radius 2 is 1.96 bits per heavy atom. The molecule has 1 heterocycles. The molecule has 0 fully saturated rings. The van der Waals surface area contributed by atoms with Crippen LogP contribution in [0, 0.1) is 5.92 Å². The molecule has 0 saturated carbocycles. The standard InChI is InChI=1S/C17H31F2N5/c1-4-20-17(22-10-8-6-5-7-9-14(2)3)23-13-15-21-11-12-24(15)16(18)19/h11-12,14,16H,4-10,13H2,1-3H3,(H2,20,22,23). The van der Waals surface area contributed by atoms with Gasteiger partial charge in [-0.3, -0.25) is 4.57 Å². The van der Waals surface area contributed by atoms with Gasteiger partial charge in [0.1, 0.15) is 12.4 Å². The Kier molecular flexibility index (Phi) is 10.0. The zero-order chi connectivity index (χ0) is 17.8. The van der Waals surface area contributed by atoms with E-state index in [2.05, 4.69) is 34.5 Å². The lowest BCUT2D eigenvalue weighted by molar-refractivity contribution is 0.0671. The van der Waals surface area contributed by atoms with Gasteiger partial charge >= 0.3 is 6.55 Å². The van der Waals surface area contributed by atoms with Gasteiger partial charge in [-0.15, -0.1) is 0 Å². The van der Waals surface area contributed by atoms with Crippen molar-refractivity contribution >= 4 is 5.96 Å². The topological polar surface area (TPSA) is 54.2 Å². The zero-order valence-electron chi connectivity index (χ0n) is 15.1. The summed E-state index contributed by atoms with van der Waals surface area (Å²) in [5.74, 6) is 1.68. The number of rotatable bonds is 11. The molecule has 0 aliphatic heterocycles. The monoisotopic (exact) mass is 343 g/mol. The first kappa shape index (κ1) is 20.4. The van der Waals surface area contributed by atoms with Crippen LogP contribution in [0.1, 0.15) is 65.2 Å². The molecule has 7 heteroatoms. The van der Waals surface area contributed by atoms with E-state index in [1.165, 1.54) is 38.1 Å². The quantitative estimate of drug-likeness (QED) is 0.363. The minimum absolute atomic E-state index is 0.126. The van der Waals surface area contributed by atoms with E-state index >= 15 is 0 Å². The van der Waals surface area contributed by atoms with Gasteiger partial charge in [-0.1, -0.05) is 39.5 Å². The van der Waals surface area contributed by atoms with Gasteiger partial charge in [0, 0.05) is 25.5 Å². The molecule has 0 saturated heterocycles. The molecule has 24 heavy (non-hydrogen) atoms. The predicted molar refractivity (Wildman–Crippen MR) is 94.2 cm³/mol. The van der Waals surface area contributed by atoms with Crippen LogP contribution in [0.15, 0.2) is 17.4 Å². The van der Waals surface area contributed by atoms with Gasteiger partial charge in [0.15, 0.2) is 5.96 Å². The van der Waals surface area contributed by atoms with Crippen LogP contribution < -0.4 is 10.6 Å². The number of hydrogen-bond acceptors (Lipinski definition) is 2. The first-order valence-electron chi connectivity index (χ1n) is 8.86. The lowest BCUT2D eigenvalue weighted by atomic mass is 10.0. The second kappa shape index (κ2) is 11.8. The Morgan fingerprint density at radius 1 is 1.21 bits per heavy atom. The van der Waals surface area contributed by atoms with Crippen molar-refractivity contribution in [1.29, 1.82) is 0 Å². The molecule has 0 aliphatic rings. The second-order valence-electron chi connectivity index (χ2n) is 6.25. The van der Waals surface area contributed by atoms with E-state index in [-0.39, 0.29) is 12.4 Å². The second-order valence-corrected chi connectivity index (χ2v) is 6.25. The van der Waals surface area contributed by atoms with E-state index in [0.29, 0.717) is 5.96 Å². The summed E-state index contributed by atoms with van der Waals surface area (Å²) >= 11 is 0. The number of nitrogens with one attached hydrogen (secondary N) is 2. The fourth-order valence-electron chi connectivity index (χ4n) is 2.37. The van der Waals surface area contributed by atoms with Gasteiger partial charge in [-0.05, 0) is 19.3 Å². The van der Waals surface area contributed by atoms with Crippen LogP contribution >= 0.6 is 0 Å². The third kappa shape index (κ3) is 8.26. The van der Waals surface area contributed by atoms with Crippen molar-refractivity contribution in [3.05, 3.63) is 18.2 Å². The summed E-state index contributed by atoms with van der Waals surface area (Å²) in [6.07, 6.45) is 8.72. The fraction of sp³-hybridized carbons (Fsp3) is 0.765. The molecular formula is C17H31F2N5. The highest BCUT2D eigenvalue weighted by atomic mass is 19.3. The van der Waals surface area contributed by atoms with Gasteiger partial charge in [-0.2, -0.15) is 8.78 Å². The molecule has 5 nitrogen and oxygen atoms in total. The Balaban J connectivity index is 2.33. The van der Waals surface area contributed by atoms with E-state index in [1.54, 1.807) is 0 Å². The van der Waals surface area contributed by atoms with Crippen molar-refractivity contribution in [3.63, 3.8) is 0 Å². The number of imidazole rings is 1. The third-order valence-electron chi connectivity index (χ3n) is 3.68. The smallest absolute Gasteiger partial charge is 0.319 e. The fourth-order valence-corrected chi connectivity index (χ4v) is 2.37. The van der Waals surface area contributed by atoms with Crippen LogP contribution in [0.3, 0.4) is 0 Å². The molecule has 138 valence electrons. The SMILES string of the molecule is CCNC(=NCc1nccn1C(F)F)NCCCCCCC(C)C. The van der Waals surface area contributed by atoms with E-state index in [4.69, 9.17) is 0 Å².